The van der Waals surface area contributed by atoms with E-state index in [0.717, 1.165) is 48.4 Å². The maximum atomic E-state index is 11.5. The Labute approximate surface area is 118 Å². The van der Waals surface area contributed by atoms with Gasteiger partial charge in [0.05, 0.1) is 17.8 Å². The number of carbonyl (C=O) groups excluding carboxylic acids is 1. The Bertz CT molecular complexity index is 528. The minimum Gasteiger partial charge on any atom is -0.397 e. The van der Waals surface area contributed by atoms with Crippen molar-refractivity contribution in [2.45, 2.75) is 38.1 Å². The summed E-state index contributed by atoms with van der Waals surface area (Å²) >= 11 is 0. The molecule has 0 aliphatic carbocycles. The molecular formula is C15H21N3O2. The highest BCUT2D eigenvalue weighted by Crippen LogP contribution is 2.37. The molecule has 2 aliphatic rings. The fraction of sp³-hybridized carbons (Fsp3) is 0.533. The second-order valence-corrected chi connectivity index (χ2v) is 5.65. The molecule has 0 saturated carbocycles. The zero-order chi connectivity index (χ0) is 14.1. The number of rotatable bonds is 3. The molecule has 1 aromatic rings. The van der Waals surface area contributed by atoms with E-state index in [9.17, 15) is 9.90 Å². The fourth-order valence-electron chi connectivity index (χ4n) is 3.30. The van der Waals surface area contributed by atoms with Crippen LogP contribution in [0, 0.1) is 0 Å². The lowest BCUT2D eigenvalue weighted by molar-refractivity contribution is -0.115. The van der Waals surface area contributed by atoms with Crippen LogP contribution in [0.2, 0.25) is 0 Å². The summed E-state index contributed by atoms with van der Waals surface area (Å²) in [4.78, 5) is 13.8. The number of piperidine rings is 1. The summed E-state index contributed by atoms with van der Waals surface area (Å²) in [6, 6.07) is 4.24. The molecule has 1 amide bonds. The minimum atomic E-state index is 0.0297. The quantitative estimate of drug-likeness (QED) is 0.731. The van der Waals surface area contributed by atoms with Gasteiger partial charge in [0, 0.05) is 24.9 Å². The zero-order valence-corrected chi connectivity index (χ0v) is 11.6. The van der Waals surface area contributed by atoms with Crippen molar-refractivity contribution in [3.8, 4) is 0 Å². The predicted molar refractivity (Wildman–Crippen MR) is 79.9 cm³/mol. The predicted octanol–water partition coefficient (Wildman–Crippen LogP) is 1.50. The Kier molecular flexibility index (Phi) is 3.53. The van der Waals surface area contributed by atoms with E-state index in [0.29, 0.717) is 12.5 Å². The molecule has 1 saturated heterocycles. The van der Waals surface area contributed by atoms with Gasteiger partial charge in [0.25, 0.3) is 0 Å². The second-order valence-electron chi connectivity index (χ2n) is 5.65. The van der Waals surface area contributed by atoms with Crippen LogP contribution in [0.25, 0.3) is 0 Å². The van der Waals surface area contributed by atoms with Crippen molar-refractivity contribution in [3.63, 3.8) is 0 Å². The number of anilines is 3. The van der Waals surface area contributed by atoms with Crippen LogP contribution in [-0.4, -0.2) is 30.2 Å². The van der Waals surface area contributed by atoms with Gasteiger partial charge in [-0.25, -0.2) is 0 Å². The van der Waals surface area contributed by atoms with Gasteiger partial charge >= 0.3 is 0 Å². The molecule has 5 nitrogen and oxygen atoms in total. The third kappa shape index (κ3) is 2.33. The van der Waals surface area contributed by atoms with Crippen LogP contribution >= 0.6 is 0 Å². The number of nitrogens with one attached hydrogen (secondary N) is 1. The van der Waals surface area contributed by atoms with E-state index in [1.807, 2.05) is 12.1 Å². The van der Waals surface area contributed by atoms with Crippen LogP contribution in [0.4, 0.5) is 17.1 Å². The minimum absolute atomic E-state index is 0.0297. The molecule has 1 atom stereocenters. The Morgan fingerprint density at radius 3 is 3.05 bits per heavy atom. The molecule has 1 fully saturated rings. The van der Waals surface area contributed by atoms with Crippen molar-refractivity contribution >= 4 is 23.0 Å². The number of aliphatic hydroxyl groups excluding tert-OH is 1. The molecule has 0 aromatic heterocycles. The number of nitrogen functional groups attached to an aromatic ring is 1. The highest BCUT2D eigenvalue weighted by molar-refractivity contribution is 6.01. The molecule has 5 heteroatoms. The average molecular weight is 275 g/mol. The first-order valence-corrected chi connectivity index (χ1v) is 7.29. The molecule has 0 bridgehead atoms. The van der Waals surface area contributed by atoms with E-state index in [4.69, 9.17) is 5.73 Å². The monoisotopic (exact) mass is 275 g/mol. The van der Waals surface area contributed by atoms with Gasteiger partial charge in [-0.3, -0.25) is 4.79 Å². The molecule has 0 radical (unpaired) electrons. The lowest BCUT2D eigenvalue weighted by Gasteiger charge is -2.38. The molecule has 2 aliphatic heterocycles. The number of aliphatic hydroxyl groups is 1. The standard InChI is InChI=1S/C15H21N3O2/c16-12-7-10-8-15(20)17-13(10)9-14(12)18-5-2-1-3-11(18)4-6-19/h7,9,11,19H,1-6,8,16H2,(H,17,20). The van der Waals surface area contributed by atoms with Crippen molar-refractivity contribution < 1.29 is 9.90 Å². The molecule has 20 heavy (non-hydrogen) atoms. The lowest BCUT2D eigenvalue weighted by Crippen LogP contribution is -2.40. The van der Waals surface area contributed by atoms with E-state index in [1.165, 1.54) is 6.42 Å². The zero-order valence-electron chi connectivity index (χ0n) is 11.6. The van der Waals surface area contributed by atoms with E-state index in [2.05, 4.69) is 10.2 Å². The van der Waals surface area contributed by atoms with Crippen LogP contribution in [0.5, 0.6) is 0 Å². The molecule has 0 spiro atoms. The average Bonchev–Trinajstić information content (AvgIpc) is 2.78. The van der Waals surface area contributed by atoms with Gasteiger partial charge in [-0.1, -0.05) is 0 Å². The molecule has 3 rings (SSSR count). The van der Waals surface area contributed by atoms with Crippen LogP contribution in [0.1, 0.15) is 31.2 Å². The Morgan fingerprint density at radius 2 is 2.25 bits per heavy atom. The summed E-state index contributed by atoms with van der Waals surface area (Å²) in [7, 11) is 0. The smallest absolute Gasteiger partial charge is 0.228 e. The Balaban J connectivity index is 1.92. The van der Waals surface area contributed by atoms with Crippen molar-refractivity contribution in [2.24, 2.45) is 0 Å². The number of nitrogens with zero attached hydrogens (tertiary/aromatic N) is 1. The summed E-state index contributed by atoms with van der Waals surface area (Å²) in [6.07, 6.45) is 4.61. The van der Waals surface area contributed by atoms with Crippen LogP contribution in [-0.2, 0) is 11.2 Å². The van der Waals surface area contributed by atoms with Crippen LogP contribution in [0.3, 0.4) is 0 Å². The molecule has 1 unspecified atom stereocenters. The van der Waals surface area contributed by atoms with Crippen molar-refractivity contribution in [1.82, 2.24) is 0 Å². The second kappa shape index (κ2) is 5.32. The summed E-state index contributed by atoms with van der Waals surface area (Å²) < 4.78 is 0. The van der Waals surface area contributed by atoms with Gasteiger partial charge in [-0.05, 0) is 43.4 Å². The number of nitrogens with two attached hydrogens (primary N) is 1. The van der Waals surface area contributed by atoms with Crippen LogP contribution in [0.15, 0.2) is 12.1 Å². The first-order valence-electron chi connectivity index (χ1n) is 7.29. The van der Waals surface area contributed by atoms with Crippen molar-refractivity contribution in [3.05, 3.63) is 17.7 Å². The SMILES string of the molecule is Nc1cc2c(cc1N1CCCCC1CCO)NC(=O)C2. The van der Waals surface area contributed by atoms with Gasteiger partial charge < -0.3 is 21.1 Å². The number of hydrogen-bond acceptors (Lipinski definition) is 4. The van der Waals surface area contributed by atoms with E-state index in [1.54, 1.807) is 0 Å². The highest BCUT2D eigenvalue weighted by Gasteiger charge is 2.26. The van der Waals surface area contributed by atoms with Crippen molar-refractivity contribution in [2.75, 3.05) is 29.1 Å². The number of hydrogen-bond donors (Lipinski definition) is 3. The third-order valence-corrected chi connectivity index (χ3v) is 4.28. The topological polar surface area (TPSA) is 78.6 Å². The third-order valence-electron chi connectivity index (χ3n) is 4.28. The number of amides is 1. The number of carbonyl (C=O) groups is 1. The van der Waals surface area contributed by atoms with Gasteiger partial charge in [0.1, 0.15) is 0 Å². The molecule has 108 valence electrons. The van der Waals surface area contributed by atoms with Gasteiger partial charge in [0.2, 0.25) is 5.91 Å². The summed E-state index contributed by atoms with van der Waals surface area (Å²) in [6.45, 7) is 1.16. The number of fused-ring (bicyclic) bond motifs is 1. The maximum Gasteiger partial charge on any atom is 0.228 e. The van der Waals surface area contributed by atoms with E-state index < -0.39 is 0 Å². The summed E-state index contributed by atoms with van der Waals surface area (Å²) in [5.74, 6) is 0.0297. The summed E-state index contributed by atoms with van der Waals surface area (Å²) in [5.41, 5.74) is 9.76. The molecule has 1 aromatic carbocycles. The van der Waals surface area contributed by atoms with Crippen molar-refractivity contribution in [1.29, 1.82) is 0 Å². The molecule has 4 N–H and O–H groups in total. The molecular weight excluding hydrogens is 254 g/mol. The molecule has 2 heterocycles. The Hall–Kier alpha value is -1.75. The lowest BCUT2D eigenvalue weighted by atomic mass is 9.97. The normalized spacial score (nSPS) is 21.8. The van der Waals surface area contributed by atoms with E-state index in [-0.39, 0.29) is 12.5 Å². The van der Waals surface area contributed by atoms with Gasteiger partial charge in [-0.2, -0.15) is 0 Å². The first kappa shape index (κ1) is 13.2. The number of benzene rings is 1. The maximum absolute atomic E-state index is 11.5. The fourth-order valence-corrected chi connectivity index (χ4v) is 3.30. The first-order chi connectivity index (χ1) is 9.69. The van der Waals surface area contributed by atoms with Gasteiger partial charge in [-0.15, -0.1) is 0 Å². The highest BCUT2D eigenvalue weighted by atomic mass is 16.3. The van der Waals surface area contributed by atoms with Gasteiger partial charge in [0.15, 0.2) is 0 Å². The van der Waals surface area contributed by atoms with Crippen LogP contribution < -0.4 is 16.0 Å². The largest absolute Gasteiger partial charge is 0.397 e. The Morgan fingerprint density at radius 1 is 1.40 bits per heavy atom. The summed E-state index contributed by atoms with van der Waals surface area (Å²) in [5, 5.41) is 12.1. The van der Waals surface area contributed by atoms with E-state index >= 15 is 0 Å².